The van der Waals surface area contributed by atoms with E-state index in [2.05, 4.69) is 15.5 Å². The fourth-order valence-electron chi connectivity index (χ4n) is 2.01. The van der Waals surface area contributed by atoms with Crippen molar-refractivity contribution in [3.05, 3.63) is 35.9 Å². The Morgan fingerprint density at radius 2 is 2.18 bits per heavy atom. The first-order valence-corrected chi connectivity index (χ1v) is 7.49. The van der Waals surface area contributed by atoms with Crippen molar-refractivity contribution >= 4 is 5.91 Å². The van der Waals surface area contributed by atoms with E-state index < -0.39 is 0 Å². The van der Waals surface area contributed by atoms with E-state index in [1.807, 2.05) is 39.8 Å². The number of carbonyl (C=O) groups excluding carboxylic acids is 1. The molecule has 0 radical (unpaired) electrons. The molecule has 1 amide bonds. The molecule has 120 valence electrons. The summed E-state index contributed by atoms with van der Waals surface area (Å²) in [5.41, 5.74) is -0.151. The first-order valence-electron chi connectivity index (χ1n) is 7.49. The predicted octanol–water partition coefficient (Wildman–Crippen LogP) is 2.64. The lowest BCUT2D eigenvalue weighted by molar-refractivity contribution is -0.121. The van der Waals surface area contributed by atoms with E-state index in [1.54, 1.807) is 6.26 Å². The molecular weight excluding hydrogens is 282 g/mol. The van der Waals surface area contributed by atoms with E-state index >= 15 is 0 Å². The zero-order valence-corrected chi connectivity index (χ0v) is 13.5. The van der Waals surface area contributed by atoms with Crippen molar-refractivity contribution in [2.45, 2.75) is 58.4 Å². The third kappa shape index (κ3) is 4.72. The van der Waals surface area contributed by atoms with Gasteiger partial charge in [-0.2, -0.15) is 4.98 Å². The Kier molecular flexibility index (Phi) is 5.00. The molecule has 1 N–H and O–H groups in total. The SMILES string of the molecule is CC(Cc1ccco1)NC(=O)CCc1nc(C(C)(C)C)no1. The van der Waals surface area contributed by atoms with Crippen molar-refractivity contribution in [3.8, 4) is 0 Å². The molecule has 2 aromatic heterocycles. The number of furan rings is 1. The van der Waals surface area contributed by atoms with Crippen LogP contribution in [0.2, 0.25) is 0 Å². The van der Waals surface area contributed by atoms with Crippen LogP contribution in [-0.4, -0.2) is 22.1 Å². The Balaban J connectivity index is 1.76. The quantitative estimate of drug-likeness (QED) is 0.887. The third-order valence-corrected chi connectivity index (χ3v) is 3.20. The van der Waals surface area contributed by atoms with Gasteiger partial charge in [-0.15, -0.1) is 0 Å². The molecule has 0 aliphatic heterocycles. The molecule has 2 aromatic rings. The molecule has 0 bridgehead atoms. The highest BCUT2D eigenvalue weighted by atomic mass is 16.5. The number of nitrogens with one attached hydrogen (secondary N) is 1. The molecule has 6 nitrogen and oxygen atoms in total. The number of rotatable bonds is 6. The Labute approximate surface area is 130 Å². The van der Waals surface area contributed by atoms with E-state index in [4.69, 9.17) is 8.94 Å². The summed E-state index contributed by atoms with van der Waals surface area (Å²) >= 11 is 0. The van der Waals surface area contributed by atoms with Gasteiger partial charge in [0.25, 0.3) is 0 Å². The minimum Gasteiger partial charge on any atom is -0.469 e. The molecule has 0 aliphatic carbocycles. The first kappa shape index (κ1) is 16.3. The summed E-state index contributed by atoms with van der Waals surface area (Å²) < 4.78 is 10.4. The summed E-state index contributed by atoms with van der Waals surface area (Å²) in [6.07, 6.45) is 3.08. The molecule has 6 heteroatoms. The van der Waals surface area contributed by atoms with Crippen LogP contribution in [0, 0.1) is 0 Å². The second-order valence-electron chi connectivity index (χ2n) is 6.51. The highest BCUT2D eigenvalue weighted by molar-refractivity contribution is 5.76. The van der Waals surface area contributed by atoms with Gasteiger partial charge < -0.3 is 14.3 Å². The fraction of sp³-hybridized carbons (Fsp3) is 0.562. The lowest BCUT2D eigenvalue weighted by Crippen LogP contribution is -2.34. The van der Waals surface area contributed by atoms with E-state index in [1.165, 1.54) is 0 Å². The second kappa shape index (κ2) is 6.77. The molecule has 0 saturated heterocycles. The maximum Gasteiger partial charge on any atom is 0.227 e. The highest BCUT2D eigenvalue weighted by Gasteiger charge is 2.21. The zero-order chi connectivity index (χ0) is 16.2. The summed E-state index contributed by atoms with van der Waals surface area (Å²) in [5, 5.41) is 6.88. The van der Waals surface area contributed by atoms with Crippen LogP contribution in [0.3, 0.4) is 0 Å². The summed E-state index contributed by atoms with van der Waals surface area (Å²) in [7, 11) is 0. The van der Waals surface area contributed by atoms with Gasteiger partial charge >= 0.3 is 0 Å². The Morgan fingerprint density at radius 1 is 1.41 bits per heavy atom. The van der Waals surface area contributed by atoms with Gasteiger partial charge in [0.05, 0.1) is 6.26 Å². The molecule has 0 fully saturated rings. The molecule has 0 saturated carbocycles. The molecule has 0 aliphatic rings. The van der Waals surface area contributed by atoms with Crippen molar-refractivity contribution in [2.24, 2.45) is 0 Å². The Hall–Kier alpha value is -2.11. The normalized spacial score (nSPS) is 13.1. The van der Waals surface area contributed by atoms with Crippen LogP contribution in [0.1, 0.15) is 51.6 Å². The van der Waals surface area contributed by atoms with Crippen LogP contribution in [0.15, 0.2) is 27.3 Å². The van der Waals surface area contributed by atoms with Crippen molar-refractivity contribution in [1.82, 2.24) is 15.5 Å². The van der Waals surface area contributed by atoms with Gasteiger partial charge in [0.2, 0.25) is 11.8 Å². The van der Waals surface area contributed by atoms with Gasteiger partial charge in [-0.1, -0.05) is 25.9 Å². The first-order chi connectivity index (χ1) is 10.3. The number of hydrogen-bond donors (Lipinski definition) is 1. The summed E-state index contributed by atoms with van der Waals surface area (Å²) in [6.45, 7) is 8.00. The zero-order valence-electron chi connectivity index (χ0n) is 13.5. The maximum atomic E-state index is 11.9. The molecule has 1 atom stereocenters. The second-order valence-corrected chi connectivity index (χ2v) is 6.51. The highest BCUT2D eigenvalue weighted by Crippen LogP contribution is 2.18. The fourth-order valence-corrected chi connectivity index (χ4v) is 2.01. The van der Waals surface area contributed by atoms with Crippen LogP contribution in [-0.2, 0) is 23.1 Å². The number of nitrogens with zero attached hydrogens (tertiary/aromatic N) is 2. The van der Waals surface area contributed by atoms with E-state index in [-0.39, 0.29) is 17.4 Å². The third-order valence-electron chi connectivity index (χ3n) is 3.20. The monoisotopic (exact) mass is 305 g/mol. The number of carbonyl (C=O) groups is 1. The van der Waals surface area contributed by atoms with Gasteiger partial charge in [0.15, 0.2) is 5.82 Å². The van der Waals surface area contributed by atoms with Crippen LogP contribution in [0.4, 0.5) is 0 Å². The lowest BCUT2D eigenvalue weighted by Gasteiger charge is -2.12. The summed E-state index contributed by atoms with van der Waals surface area (Å²) in [4.78, 5) is 16.2. The molecule has 0 aromatic carbocycles. The minimum absolute atomic E-state index is 0.0199. The predicted molar refractivity (Wildman–Crippen MR) is 81.3 cm³/mol. The van der Waals surface area contributed by atoms with Crippen LogP contribution < -0.4 is 5.32 Å². The number of amides is 1. The average molecular weight is 305 g/mol. The maximum absolute atomic E-state index is 11.9. The molecule has 2 rings (SSSR count). The Bertz CT molecular complexity index is 596. The minimum atomic E-state index is -0.151. The molecule has 22 heavy (non-hydrogen) atoms. The van der Waals surface area contributed by atoms with Gasteiger partial charge in [0.1, 0.15) is 5.76 Å². The van der Waals surface area contributed by atoms with Gasteiger partial charge in [-0.3, -0.25) is 4.79 Å². The lowest BCUT2D eigenvalue weighted by atomic mass is 9.96. The van der Waals surface area contributed by atoms with E-state index in [0.717, 1.165) is 5.76 Å². The molecule has 1 unspecified atom stereocenters. The van der Waals surface area contributed by atoms with Crippen LogP contribution in [0.5, 0.6) is 0 Å². The van der Waals surface area contributed by atoms with Crippen LogP contribution >= 0.6 is 0 Å². The average Bonchev–Trinajstić information content (AvgIpc) is 3.05. The molecule has 0 spiro atoms. The largest absolute Gasteiger partial charge is 0.469 e. The van der Waals surface area contributed by atoms with Crippen molar-refractivity contribution in [3.63, 3.8) is 0 Å². The van der Waals surface area contributed by atoms with Gasteiger partial charge in [-0.25, -0.2) is 0 Å². The van der Waals surface area contributed by atoms with Crippen molar-refractivity contribution in [2.75, 3.05) is 0 Å². The number of hydrogen-bond acceptors (Lipinski definition) is 5. The summed E-state index contributed by atoms with van der Waals surface area (Å²) in [5.74, 6) is 1.99. The smallest absolute Gasteiger partial charge is 0.227 e. The standard InChI is InChI=1S/C16H23N3O3/c1-11(10-12-6-5-9-21-12)17-13(20)7-8-14-18-15(19-22-14)16(2,3)4/h5-6,9,11H,7-8,10H2,1-4H3,(H,17,20). The van der Waals surface area contributed by atoms with Gasteiger partial charge in [-0.05, 0) is 19.1 Å². The topological polar surface area (TPSA) is 81.2 Å². The van der Waals surface area contributed by atoms with E-state index in [0.29, 0.717) is 31.0 Å². The molecule has 2 heterocycles. The Morgan fingerprint density at radius 3 is 2.77 bits per heavy atom. The number of aryl methyl sites for hydroxylation is 1. The van der Waals surface area contributed by atoms with E-state index in [9.17, 15) is 4.79 Å². The molecular formula is C16H23N3O3. The summed E-state index contributed by atoms with van der Waals surface area (Å²) in [6, 6.07) is 3.76. The van der Waals surface area contributed by atoms with Gasteiger partial charge in [0, 0.05) is 30.7 Å². The van der Waals surface area contributed by atoms with Crippen molar-refractivity contribution < 1.29 is 13.7 Å². The van der Waals surface area contributed by atoms with Crippen molar-refractivity contribution in [1.29, 1.82) is 0 Å². The van der Waals surface area contributed by atoms with Crippen LogP contribution in [0.25, 0.3) is 0 Å². The number of aromatic nitrogens is 2.